The average Bonchev–Trinajstić information content (AvgIpc) is 3.62. The molecule has 1 aliphatic carbocycles. The number of carbonyl (C=O) groups excluding carboxylic acids is 1. The molecule has 1 aliphatic rings. The molecule has 2 heterocycles. The van der Waals surface area contributed by atoms with Crippen LogP contribution >= 0.6 is 0 Å². The van der Waals surface area contributed by atoms with Gasteiger partial charge in [-0.15, -0.1) is 5.10 Å². The Morgan fingerprint density at radius 2 is 1.87 bits per heavy atom. The predicted octanol–water partition coefficient (Wildman–Crippen LogP) is 5.83. The number of amides is 1. The molecular formula is C29H33N5O4. The van der Waals surface area contributed by atoms with Gasteiger partial charge in [-0.1, -0.05) is 62.9 Å². The molecule has 1 saturated carbocycles. The molecule has 1 amide bonds. The lowest BCUT2D eigenvalue weighted by atomic mass is 9.73. The second kappa shape index (κ2) is 11.2. The zero-order chi connectivity index (χ0) is 26.5. The molecule has 9 heteroatoms. The molecule has 2 N–H and O–H groups in total. The Morgan fingerprint density at radius 1 is 1.08 bits per heavy atom. The standard InChI is InChI=1S/C29H33N5O4/c1-2-3-11-26(35)34(19-29(28(36)37)14-7-4-8-15-29)18-20-12-13-24-21(16-20)17-25(38-24)22-9-5-6-10-23(22)27-30-32-33-31-27/h5-6,9-10,12-13,16-17H,2-4,7-8,11,14-15,18-19H2,1H3,(H,36,37)(H,30,31,32,33). The summed E-state index contributed by atoms with van der Waals surface area (Å²) in [5.41, 5.74) is 2.50. The molecule has 0 atom stereocenters. The molecule has 5 rings (SSSR count). The maximum Gasteiger partial charge on any atom is 0.311 e. The van der Waals surface area contributed by atoms with Crippen LogP contribution in [0.3, 0.4) is 0 Å². The number of aromatic nitrogens is 4. The van der Waals surface area contributed by atoms with Crippen molar-refractivity contribution in [2.75, 3.05) is 6.54 Å². The normalized spacial score (nSPS) is 15.0. The van der Waals surface area contributed by atoms with Crippen molar-refractivity contribution in [2.45, 2.75) is 64.8 Å². The summed E-state index contributed by atoms with van der Waals surface area (Å²) in [4.78, 5) is 27.4. The van der Waals surface area contributed by atoms with Crippen LogP contribution in [-0.2, 0) is 16.1 Å². The summed E-state index contributed by atoms with van der Waals surface area (Å²) < 4.78 is 6.18. The van der Waals surface area contributed by atoms with E-state index in [1.807, 2.05) is 48.5 Å². The highest BCUT2D eigenvalue weighted by Crippen LogP contribution is 2.38. The topological polar surface area (TPSA) is 125 Å². The fourth-order valence-electron chi connectivity index (χ4n) is 5.47. The van der Waals surface area contributed by atoms with E-state index in [0.717, 1.165) is 59.8 Å². The van der Waals surface area contributed by atoms with Crippen LogP contribution in [0.15, 0.2) is 52.9 Å². The van der Waals surface area contributed by atoms with Gasteiger partial charge in [0.05, 0.1) is 5.41 Å². The molecule has 2 aromatic carbocycles. The van der Waals surface area contributed by atoms with Gasteiger partial charge in [0.25, 0.3) is 0 Å². The lowest BCUT2D eigenvalue weighted by Crippen LogP contribution is -2.46. The zero-order valence-corrected chi connectivity index (χ0v) is 21.7. The van der Waals surface area contributed by atoms with Gasteiger partial charge in [-0.25, -0.2) is 5.10 Å². The second-order valence-electron chi connectivity index (χ2n) is 10.3. The first-order valence-corrected chi connectivity index (χ1v) is 13.4. The first-order chi connectivity index (χ1) is 18.5. The first kappa shape index (κ1) is 25.6. The van der Waals surface area contributed by atoms with Gasteiger partial charge in [-0.05, 0) is 53.5 Å². The number of carbonyl (C=O) groups is 2. The van der Waals surface area contributed by atoms with Crippen LogP contribution in [0.25, 0.3) is 33.7 Å². The van der Waals surface area contributed by atoms with E-state index in [1.165, 1.54) is 0 Å². The van der Waals surface area contributed by atoms with E-state index in [9.17, 15) is 14.7 Å². The van der Waals surface area contributed by atoms with Crippen molar-refractivity contribution in [1.82, 2.24) is 25.5 Å². The third-order valence-electron chi connectivity index (χ3n) is 7.60. The number of carboxylic acids is 1. The number of hydrogen-bond acceptors (Lipinski definition) is 6. The van der Waals surface area contributed by atoms with Crippen molar-refractivity contribution >= 4 is 22.8 Å². The van der Waals surface area contributed by atoms with Gasteiger partial charge in [0.2, 0.25) is 5.91 Å². The lowest BCUT2D eigenvalue weighted by molar-refractivity contribution is -0.154. The average molecular weight is 516 g/mol. The van der Waals surface area contributed by atoms with Crippen molar-refractivity contribution in [3.05, 3.63) is 54.1 Å². The molecule has 4 aromatic rings. The summed E-state index contributed by atoms with van der Waals surface area (Å²) in [6.45, 7) is 2.67. The van der Waals surface area contributed by atoms with Gasteiger partial charge in [0.1, 0.15) is 11.3 Å². The Morgan fingerprint density at radius 3 is 2.58 bits per heavy atom. The molecule has 0 saturated heterocycles. The quantitative estimate of drug-likeness (QED) is 0.272. The lowest BCUT2D eigenvalue weighted by Gasteiger charge is -2.38. The van der Waals surface area contributed by atoms with Crippen LogP contribution in [0.1, 0.15) is 63.9 Å². The fourth-order valence-corrected chi connectivity index (χ4v) is 5.47. The molecule has 0 aliphatic heterocycles. The van der Waals surface area contributed by atoms with E-state index in [1.54, 1.807) is 4.90 Å². The number of aromatic amines is 1. The summed E-state index contributed by atoms with van der Waals surface area (Å²) in [5, 5.41) is 25.3. The molecular weight excluding hydrogens is 482 g/mol. The van der Waals surface area contributed by atoms with Crippen LogP contribution in [-0.4, -0.2) is 49.1 Å². The van der Waals surface area contributed by atoms with Gasteiger partial charge >= 0.3 is 5.97 Å². The van der Waals surface area contributed by atoms with Crippen LogP contribution in [0, 0.1) is 5.41 Å². The number of aliphatic carboxylic acids is 1. The highest BCUT2D eigenvalue weighted by molar-refractivity contribution is 5.87. The highest BCUT2D eigenvalue weighted by Gasteiger charge is 2.42. The third-order valence-corrected chi connectivity index (χ3v) is 7.60. The predicted molar refractivity (Wildman–Crippen MR) is 143 cm³/mol. The Kier molecular flexibility index (Phi) is 7.53. The van der Waals surface area contributed by atoms with Crippen molar-refractivity contribution < 1.29 is 19.1 Å². The van der Waals surface area contributed by atoms with E-state index >= 15 is 0 Å². The van der Waals surface area contributed by atoms with Crippen LogP contribution in [0.2, 0.25) is 0 Å². The number of unbranched alkanes of at least 4 members (excludes halogenated alkanes) is 1. The molecule has 2 aromatic heterocycles. The van der Waals surface area contributed by atoms with E-state index < -0.39 is 11.4 Å². The fraction of sp³-hybridized carbons (Fsp3) is 0.414. The van der Waals surface area contributed by atoms with Crippen LogP contribution < -0.4 is 0 Å². The largest absolute Gasteiger partial charge is 0.481 e. The third kappa shape index (κ3) is 5.32. The monoisotopic (exact) mass is 515 g/mol. The number of nitrogens with zero attached hydrogens (tertiary/aromatic N) is 4. The highest BCUT2D eigenvalue weighted by atomic mass is 16.4. The molecule has 0 spiro atoms. The van der Waals surface area contributed by atoms with E-state index in [4.69, 9.17) is 4.42 Å². The van der Waals surface area contributed by atoms with Crippen molar-refractivity contribution in [3.8, 4) is 22.7 Å². The Labute approximate surface area is 221 Å². The van der Waals surface area contributed by atoms with Crippen molar-refractivity contribution in [3.63, 3.8) is 0 Å². The second-order valence-corrected chi connectivity index (χ2v) is 10.3. The number of H-pyrrole nitrogens is 1. The maximum absolute atomic E-state index is 13.2. The van der Waals surface area contributed by atoms with Gasteiger partial charge in [-0.3, -0.25) is 9.59 Å². The molecule has 1 fully saturated rings. The van der Waals surface area contributed by atoms with Crippen molar-refractivity contribution in [2.24, 2.45) is 5.41 Å². The summed E-state index contributed by atoms with van der Waals surface area (Å²) in [6.07, 6.45) is 6.19. The minimum Gasteiger partial charge on any atom is -0.481 e. The Hall–Kier alpha value is -4.01. The Balaban J connectivity index is 1.43. The number of rotatable bonds is 10. The van der Waals surface area contributed by atoms with E-state index in [0.29, 0.717) is 37.4 Å². The first-order valence-electron chi connectivity index (χ1n) is 13.4. The van der Waals surface area contributed by atoms with Crippen LogP contribution in [0.4, 0.5) is 0 Å². The molecule has 38 heavy (non-hydrogen) atoms. The maximum atomic E-state index is 13.2. The zero-order valence-electron chi connectivity index (χ0n) is 21.7. The van der Waals surface area contributed by atoms with Gasteiger partial charge < -0.3 is 14.4 Å². The molecule has 0 unspecified atom stereocenters. The van der Waals surface area contributed by atoms with Gasteiger partial charge in [0, 0.05) is 36.0 Å². The molecule has 9 nitrogen and oxygen atoms in total. The molecule has 198 valence electrons. The number of carboxylic acid groups (broad SMARTS) is 1. The number of furan rings is 1. The number of hydrogen-bond donors (Lipinski definition) is 2. The number of benzene rings is 2. The smallest absolute Gasteiger partial charge is 0.311 e. The number of fused-ring (bicyclic) bond motifs is 1. The van der Waals surface area contributed by atoms with Gasteiger partial charge in [-0.2, -0.15) is 0 Å². The minimum absolute atomic E-state index is 0.0145. The molecule has 0 bridgehead atoms. The summed E-state index contributed by atoms with van der Waals surface area (Å²) in [6, 6.07) is 15.6. The molecule has 0 radical (unpaired) electrons. The SMILES string of the molecule is CCCCC(=O)N(Cc1ccc2oc(-c3ccccc3-c3nnn[nH]3)cc2c1)CC1(C(=O)O)CCCCC1. The van der Waals surface area contributed by atoms with Gasteiger partial charge in [0.15, 0.2) is 5.82 Å². The number of tetrazole rings is 1. The summed E-state index contributed by atoms with van der Waals surface area (Å²) >= 11 is 0. The minimum atomic E-state index is -0.869. The van der Waals surface area contributed by atoms with E-state index in [-0.39, 0.29) is 12.5 Å². The van der Waals surface area contributed by atoms with E-state index in [2.05, 4.69) is 27.5 Å². The van der Waals surface area contributed by atoms with Crippen LogP contribution in [0.5, 0.6) is 0 Å². The van der Waals surface area contributed by atoms with Crippen molar-refractivity contribution in [1.29, 1.82) is 0 Å². The summed E-state index contributed by atoms with van der Waals surface area (Å²) in [7, 11) is 0. The summed E-state index contributed by atoms with van der Waals surface area (Å²) in [5.74, 6) is 0.465. The number of nitrogens with one attached hydrogen (secondary N) is 1. The Bertz CT molecular complexity index is 1410.